The van der Waals surface area contributed by atoms with E-state index in [1.807, 2.05) is 24.3 Å². The molecule has 176 valence electrons. The van der Waals surface area contributed by atoms with Crippen molar-refractivity contribution in [2.24, 2.45) is 0 Å². The Kier molecular flexibility index (Phi) is 7.82. The predicted molar refractivity (Wildman–Crippen MR) is 124 cm³/mol. The summed E-state index contributed by atoms with van der Waals surface area (Å²) in [7, 11) is 4.67. The van der Waals surface area contributed by atoms with Crippen molar-refractivity contribution < 1.29 is 28.5 Å². The van der Waals surface area contributed by atoms with Crippen LogP contribution in [0.3, 0.4) is 0 Å². The molecule has 2 amide bonds. The van der Waals surface area contributed by atoms with Crippen LogP contribution in [0.1, 0.15) is 31.0 Å². The van der Waals surface area contributed by atoms with Gasteiger partial charge in [0.1, 0.15) is 23.9 Å². The molecule has 8 nitrogen and oxygen atoms in total. The molecule has 0 aliphatic carbocycles. The van der Waals surface area contributed by atoms with Gasteiger partial charge in [-0.15, -0.1) is 0 Å². The molecule has 1 atom stereocenters. The molecule has 0 aromatic heterocycles. The number of benzene rings is 2. The van der Waals surface area contributed by atoms with Crippen LogP contribution in [0.15, 0.2) is 53.7 Å². The second-order valence-corrected chi connectivity index (χ2v) is 7.42. The van der Waals surface area contributed by atoms with Gasteiger partial charge in [-0.1, -0.05) is 19.1 Å². The Morgan fingerprint density at radius 1 is 1.06 bits per heavy atom. The molecule has 0 spiro atoms. The molecule has 1 aliphatic heterocycles. The van der Waals surface area contributed by atoms with Gasteiger partial charge in [0.05, 0.1) is 38.1 Å². The molecule has 2 aromatic carbocycles. The SMILES string of the molecule is CCOC(=O)C1=C(COc2cccc(CC)c2)N(C)C(=O)N[C@H]1c1ccc(OC)cc1OC. The van der Waals surface area contributed by atoms with E-state index in [1.165, 1.54) is 12.0 Å². The van der Waals surface area contributed by atoms with E-state index in [0.29, 0.717) is 28.5 Å². The van der Waals surface area contributed by atoms with E-state index in [9.17, 15) is 9.59 Å². The second-order valence-electron chi connectivity index (χ2n) is 7.42. The number of carbonyl (C=O) groups excluding carboxylic acids is 2. The van der Waals surface area contributed by atoms with E-state index in [1.54, 1.807) is 39.3 Å². The van der Waals surface area contributed by atoms with Crippen LogP contribution in [0.25, 0.3) is 0 Å². The maximum Gasteiger partial charge on any atom is 0.338 e. The predicted octanol–water partition coefficient (Wildman–Crippen LogP) is 3.86. The van der Waals surface area contributed by atoms with Crippen LogP contribution in [0, 0.1) is 0 Å². The first-order chi connectivity index (χ1) is 15.9. The average molecular weight is 455 g/mol. The molecule has 1 heterocycles. The van der Waals surface area contributed by atoms with Gasteiger partial charge in [0, 0.05) is 18.7 Å². The van der Waals surface area contributed by atoms with Gasteiger partial charge < -0.3 is 24.3 Å². The highest BCUT2D eigenvalue weighted by Gasteiger charge is 2.38. The second kappa shape index (κ2) is 10.8. The number of esters is 1. The van der Waals surface area contributed by atoms with E-state index < -0.39 is 12.0 Å². The van der Waals surface area contributed by atoms with Gasteiger partial charge in [0.25, 0.3) is 0 Å². The molecule has 2 aromatic rings. The zero-order chi connectivity index (χ0) is 24.0. The molecule has 0 bridgehead atoms. The minimum Gasteiger partial charge on any atom is -0.497 e. The molecule has 8 heteroatoms. The molecule has 0 fully saturated rings. The summed E-state index contributed by atoms with van der Waals surface area (Å²) in [5.74, 6) is 1.19. The van der Waals surface area contributed by atoms with Crippen LogP contribution in [0.4, 0.5) is 4.79 Å². The lowest BCUT2D eigenvalue weighted by Gasteiger charge is -2.35. The molecular weight excluding hydrogens is 424 g/mol. The minimum absolute atomic E-state index is 0.0141. The number of carbonyl (C=O) groups is 2. The van der Waals surface area contributed by atoms with E-state index in [2.05, 4.69) is 12.2 Å². The van der Waals surface area contributed by atoms with Crippen molar-refractivity contribution in [1.82, 2.24) is 10.2 Å². The van der Waals surface area contributed by atoms with Gasteiger partial charge in [0.15, 0.2) is 0 Å². The zero-order valence-electron chi connectivity index (χ0n) is 19.6. The Morgan fingerprint density at radius 3 is 2.52 bits per heavy atom. The Labute approximate surface area is 194 Å². The first-order valence-corrected chi connectivity index (χ1v) is 10.8. The average Bonchev–Trinajstić information content (AvgIpc) is 2.84. The maximum absolute atomic E-state index is 13.1. The minimum atomic E-state index is -0.783. The lowest BCUT2D eigenvalue weighted by molar-refractivity contribution is -0.139. The quantitative estimate of drug-likeness (QED) is 0.579. The third-order valence-electron chi connectivity index (χ3n) is 5.51. The molecule has 1 N–H and O–H groups in total. The van der Waals surface area contributed by atoms with Gasteiger partial charge in [-0.05, 0) is 43.2 Å². The van der Waals surface area contributed by atoms with Crippen molar-refractivity contribution >= 4 is 12.0 Å². The standard InChI is InChI=1S/C25H30N2O6/c1-6-16-9-8-10-18(13-16)33-15-20-22(24(28)32-7-2)23(26-25(29)27(20)3)19-12-11-17(30-4)14-21(19)31-5/h8-14,23H,6-7,15H2,1-5H3,(H,26,29)/t23-/m0/s1. The molecule has 1 aliphatic rings. The molecule has 3 rings (SSSR count). The normalized spacial score (nSPS) is 15.7. The van der Waals surface area contributed by atoms with E-state index in [0.717, 1.165) is 12.0 Å². The van der Waals surface area contributed by atoms with Crippen LogP contribution in [0.2, 0.25) is 0 Å². The highest BCUT2D eigenvalue weighted by atomic mass is 16.5. The number of urea groups is 1. The number of rotatable bonds is 9. The number of likely N-dealkylation sites (N-methyl/N-ethyl adjacent to an activating group) is 1. The molecule has 0 radical (unpaired) electrons. The summed E-state index contributed by atoms with van der Waals surface area (Å²) in [6, 6.07) is 11.8. The summed E-state index contributed by atoms with van der Waals surface area (Å²) in [5, 5.41) is 2.88. The Balaban J connectivity index is 2.07. The van der Waals surface area contributed by atoms with Crippen LogP contribution >= 0.6 is 0 Å². The summed E-state index contributed by atoms with van der Waals surface area (Å²) in [4.78, 5) is 27.3. The molecular formula is C25H30N2O6. The van der Waals surface area contributed by atoms with Crippen molar-refractivity contribution in [3.8, 4) is 17.2 Å². The molecule has 0 unspecified atom stereocenters. The van der Waals surface area contributed by atoms with Crippen LogP contribution < -0.4 is 19.5 Å². The first-order valence-electron chi connectivity index (χ1n) is 10.8. The number of aryl methyl sites for hydroxylation is 1. The van der Waals surface area contributed by atoms with Crippen LogP contribution in [-0.4, -0.2) is 51.4 Å². The van der Waals surface area contributed by atoms with Gasteiger partial charge in [-0.2, -0.15) is 0 Å². The summed E-state index contributed by atoms with van der Waals surface area (Å²) in [6.07, 6.45) is 0.871. The largest absolute Gasteiger partial charge is 0.497 e. The molecule has 0 saturated carbocycles. The summed E-state index contributed by atoms with van der Waals surface area (Å²) in [5.41, 5.74) is 2.44. The highest BCUT2D eigenvalue weighted by molar-refractivity contribution is 5.95. The Morgan fingerprint density at radius 2 is 1.85 bits per heavy atom. The van der Waals surface area contributed by atoms with Crippen LogP contribution in [0.5, 0.6) is 17.2 Å². The first kappa shape index (κ1) is 24.0. The van der Waals surface area contributed by atoms with Crippen LogP contribution in [-0.2, 0) is 16.0 Å². The monoisotopic (exact) mass is 454 g/mol. The summed E-state index contributed by atoms with van der Waals surface area (Å²) >= 11 is 0. The Hall–Kier alpha value is -3.68. The molecule has 0 saturated heterocycles. The fraction of sp³-hybridized carbons (Fsp3) is 0.360. The van der Waals surface area contributed by atoms with Crippen molar-refractivity contribution in [1.29, 1.82) is 0 Å². The number of methoxy groups -OCH3 is 2. The topological polar surface area (TPSA) is 86.3 Å². The summed E-state index contributed by atoms with van der Waals surface area (Å²) in [6.45, 7) is 4.00. The van der Waals surface area contributed by atoms with E-state index in [4.69, 9.17) is 18.9 Å². The number of amides is 2. The number of hydrogen-bond donors (Lipinski definition) is 1. The fourth-order valence-electron chi connectivity index (χ4n) is 3.68. The number of hydrogen-bond acceptors (Lipinski definition) is 6. The van der Waals surface area contributed by atoms with Crippen molar-refractivity contribution in [2.45, 2.75) is 26.3 Å². The molecule has 33 heavy (non-hydrogen) atoms. The highest BCUT2D eigenvalue weighted by Crippen LogP contribution is 2.37. The van der Waals surface area contributed by atoms with E-state index in [-0.39, 0.29) is 24.8 Å². The third kappa shape index (κ3) is 5.22. The smallest absolute Gasteiger partial charge is 0.338 e. The lowest BCUT2D eigenvalue weighted by atomic mass is 9.94. The Bertz CT molecular complexity index is 1050. The maximum atomic E-state index is 13.1. The fourth-order valence-corrected chi connectivity index (χ4v) is 3.68. The van der Waals surface area contributed by atoms with Crippen molar-refractivity contribution in [2.75, 3.05) is 34.5 Å². The lowest BCUT2D eigenvalue weighted by Crippen LogP contribution is -2.48. The van der Waals surface area contributed by atoms with Crippen molar-refractivity contribution in [3.05, 3.63) is 64.9 Å². The van der Waals surface area contributed by atoms with Gasteiger partial charge in [-0.25, -0.2) is 9.59 Å². The van der Waals surface area contributed by atoms with Crippen molar-refractivity contribution in [3.63, 3.8) is 0 Å². The van der Waals surface area contributed by atoms with Gasteiger partial charge in [0.2, 0.25) is 0 Å². The van der Waals surface area contributed by atoms with E-state index >= 15 is 0 Å². The number of ether oxygens (including phenoxy) is 4. The summed E-state index contributed by atoms with van der Waals surface area (Å²) < 4.78 is 22.2. The third-order valence-corrected chi connectivity index (χ3v) is 5.51. The van der Waals surface area contributed by atoms with Gasteiger partial charge >= 0.3 is 12.0 Å². The van der Waals surface area contributed by atoms with Gasteiger partial charge in [-0.3, -0.25) is 4.90 Å². The zero-order valence-corrected chi connectivity index (χ0v) is 19.6. The number of nitrogens with one attached hydrogen (secondary N) is 1. The number of nitrogens with zero attached hydrogens (tertiary/aromatic N) is 1.